The molecule has 110 valence electrons. The molecule has 0 spiro atoms. The monoisotopic (exact) mass is 314 g/mol. The van der Waals surface area contributed by atoms with Crippen LogP contribution in [0.5, 0.6) is 5.75 Å². The van der Waals surface area contributed by atoms with E-state index in [0.717, 1.165) is 19.3 Å². The number of hydrogen-bond donors (Lipinski definition) is 1. The molecule has 1 saturated heterocycles. The van der Waals surface area contributed by atoms with Gasteiger partial charge in [-0.15, -0.1) is 0 Å². The fourth-order valence-corrected chi connectivity index (χ4v) is 3.95. The molecular formula is C13H18N2O3S2. The molecule has 5 nitrogen and oxygen atoms in total. The Hall–Kier alpha value is -1.18. The van der Waals surface area contributed by atoms with Crippen LogP contribution in [-0.2, 0) is 10.0 Å². The van der Waals surface area contributed by atoms with Gasteiger partial charge in [0.05, 0.1) is 23.2 Å². The van der Waals surface area contributed by atoms with Crippen LogP contribution in [0, 0.1) is 0 Å². The van der Waals surface area contributed by atoms with Crippen molar-refractivity contribution in [1.29, 1.82) is 0 Å². The molecule has 1 fully saturated rings. The third kappa shape index (κ3) is 3.11. The first kappa shape index (κ1) is 15.2. The number of nitrogens with one attached hydrogen (secondary N) is 1. The summed E-state index contributed by atoms with van der Waals surface area (Å²) in [7, 11) is -1.91. The van der Waals surface area contributed by atoms with Crippen molar-refractivity contribution >= 4 is 33.4 Å². The van der Waals surface area contributed by atoms with Crippen molar-refractivity contribution in [2.45, 2.75) is 24.2 Å². The van der Waals surface area contributed by atoms with E-state index in [9.17, 15) is 8.42 Å². The topological polar surface area (TPSA) is 58.6 Å². The Morgan fingerprint density at radius 1 is 1.30 bits per heavy atom. The Bertz CT molecular complexity index is 581. The summed E-state index contributed by atoms with van der Waals surface area (Å²) < 4.78 is 31.8. The summed E-state index contributed by atoms with van der Waals surface area (Å²) in [5.74, 6) is 0.559. The lowest BCUT2D eigenvalue weighted by atomic mass is 10.2. The van der Waals surface area contributed by atoms with E-state index in [1.54, 1.807) is 22.5 Å². The third-order valence-electron chi connectivity index (χ3n) is 3.34. The van der Waals surface area contributed by atoms with Crippen molar-refractivity contribution in [2.75, 3.05) is 25.5 Å². The average molecular weight is 314 g/mol. The molecule has 0 radical (unpaired) electrons. The fourth-order valence-electron chi connectivity index (χ4n) is 2.28. The predicted octanol–water partition coefficient (Wildman–Crippen LogP) is 2.24. The summed E-state index contributed by atoms with van der Waals surface area (Å²) in [5.41, 5.74) is 1.88. The molecule has 0 bridgehead atoms. The van der Waals surface area contributed by atoms with Crippen molar-refractivity contribution in [1.82, 2.24) is 4.31 Å². The van der Waals surface area contributed by atoms with Crippen molar-refractivity contribution in [2.24, 2.45) is 0 Å². The molecule has 0 unspecified atom stereocenters. The number of benzene rings is 1. The molecule has 20 heavy (non-hydrogen) atoms. The molecule has 1 heterocycles. The summed E-state index contributed by atoms with van der Waals surface area (Å²) in [5, 5.41) is 2.82. The molecule has 1 aromatic rings. The maximum Gasteiger partial charge on any atom is 0.243 e. The summed E-state index contributed by atoms with van der Waals surface area (Å²) in [6.45, 7) is 1.18. The summed E-state index contributed by atoms with van der Waals surface area (Å²) in [6.07, 6.45) is 2.92. The van der Waals surface area contributed by atoms with Crippen LogP contribution in [0.3, 0.4) is 0 Å². The van der Waals surface area contributed by atoms with E-state index in [1.165, 1.54) is 12.6 Å². The molecule has 1 aliphatic heterocycles. The van der Waals surface area contributed by atoms with Gasteiger partial charge in [-0.25, -0.2) is 8.42 Å². The van der Waals surface area contributed by atoms with Crippen molar-refractivity contribution in [3.05, 3.63) is 18.2 Å². The van der Waals surface area contributed by atoms with Crippen LogP contribution >= 0.6 is 12.2 Å². The number of sulfonamides is 1. The van der Waals surface area contributed by atoms with Gasteiger partial charge < -0.3 is 10.1 Å². The van der Waals surface area contributed by atoms with Crippen LogP contribution in [0.4, 0.5) is 5.69 Å². The molecule has 0 atom stereocenters. The maximum atomic E-state index is 12.6. The maximum absolute atomic E-state index is 12.6. The molecule has 2 rings (SSSR count). The van der Waals surface area contributed by atoms with Gasteiger partial charge in [0.1, 0.15) is 5.75 Å². The van der Waals surface area contributed by atoms with E-state index in [-0.39, 0.29) is 4.90 Å². The molecule has 0 amide bonds. The molecule has 0 aliphatic carbocycles. The number of rotatable bonds is 5. The van der Waals surface area contributed by atoms with Crippen LogP contribution in [0.25, 0.3) is 0 Å². The second-order valence-electron chi connectivity index (χ2n) is 4.59. The molecule has 7 heteroatoms. The van der Waals surface area contributed by atoms with Crippen molar-refractivity contribution in [3.63, 3.8) is 0 Å². The SMILES string of the molecule is COc1ccc(S(=O)(=O)N2CCCCC2)cc1NC=S. The number of ether oxygens (including phenoxy) is 1. The van der Waals surface area contributed by atoms with Crippen molar-refractivity contribution < 1.29 is 13.2 Å². The zero-order chi connectivity index (χ0) is 14.6. The van der Waals surface area contributed by atoms with Crippen LogP contribution in [-0.4, -0.2) is 38.4 Å². The van der Waals surface area contributed by atoms with Crippen LogP contribution < -0.4 is 10.1 Å². The standard InChI is InChI=1S/C13H18N2O3S2/c1-18-13-6-5-11(9-12(13)14-10-19)20(16,17)15-7-3-2-4-8-15/h5-6,9-10H,2-4,7-8H2,1H3,(H,14,19). The van der Waals surface area contributed by atoms with E-state index >= 15 is 0 Å². The fraction of sp³-hybridized carbons (Fsp3) is 0.462. The Morgan fingerprint density at radius 3 is 2.60 bits per heavy atom. The lowest BCUT2D eigenvalue weighted by molar-refractivity contribution is 0.346. The summed E-state index contributed by atoms with van der Waals surface area (Å²) in [4.78, 5) is 0.263. The highest BCUT2D eigenvalue weighted by molar-refractivity contribution is 7.89. The van der Waals surface area contributed by atoms with Crippen LogP contribution in [0.1, 0.15) is 19.3 Å². The second kappa shape index (κ2) is 6.51. The van der Waals surface area contributed by atoms with Crippen LogP contribution in [0.15, 0.2) is 23.1 Å². The Balaban J connectivity index is 2.35. The highest BCUT2D eigenvalue weighted by Gasteiger charge is 2.26. The van der Waals surface area contributed by atoms with E-state index in [1.807, 2.05) is 0 Å². The number of nitrogens with zero attached hydrogens (tertiary/aromatic N) is 1. The molecule has 0 aromatic heterocycles. The van der Waals surface area contributed by atoms with E-state index < -0.39 is 10.0 Å². The minimum atomic E-state index is -3.44. The van der Waals surface area contributed by atoms with E-state index in [2.05, 4.69) is 5.32 Å². The Kier molecular flexibility index (Phi) is 4.95. The van der Waals surface area contributed by atoms with Gasteiger partial charge in [-0.2, -0.15) is 4.31 Å². The average Bonchev–Trinajstić information content (AvgIpc) is 2.48. The third-order valence-corrected chi connectivity index (χ3v) is 5.35. The summed E-state index contributed by atoms with van der Waals surface area (Å²) >= 11 is 4.75. The highest BCUT2D eigenvalue weighted by atomic mass is 32.2. The van der Waals surface area contributed by atoms with Crippen molar-refractivity contribution in [3.8, 4) is 5.75 Å². The normalized spacial score (nSPS) is 16.6. The minimum absolute atomic E-state index is 0.263. The zero-order valence-corrected chi connectivity index (χ0v) is 13.0. The van der Waals surface area contributed by atoms with Gasteiger partial charge in [0.25, 0.3) is 0 Å². The second-order valence-corrected chi connectivity index (χ2v) is 6.76. The minimum Gasteiger partial charge on any atom is -0.495 e. The van der Waals surface area contributed by atoms with Gasteiger partial charge in [0.15, 0.2) is 0 Å². The number of piperidine rings is 1. The first-order chi connectivity index (χ1) is 9.59. The molecule has 0 saturated carbocycles. The van der Waals surface area contributed by atoms with E-state index in [4.69, 9.17) is 17.0 Å². The smallest absolute Gasteiger partial charge is 0.243 e. The highest BCUT2D eigenvalue weighted by Crippen LogP contribution is 2.29. The Morgan fingerprint density at radius 2 is 2.00 bits per heavy atom. The molecule has 1 N–H and O–H groups in total. The lowest BCUT2D eigenvalue weighted by Crippen LogP contribution is -2.35. The number of methoxy groups -OCH3 is 1. The number of anilines is 1. The molecular weight excluding hydrogens is 296 g/mol. The van der Waals surface area contributed by atoms with Gasteiger partial charge >= 0.3 is 0 Å². The zero-order valence-electron chi connectivity index (χ0n) is 11.3. The quantitative estimate of drug-likeness (QED) is 0.845. The van der Waals surface area contributed by atoms with Gasteiger partial charge in [-0.05, 0) is 31.0 Å². The predicted molar refractivity (Wildman–Crippen MR) is 82.9 cm³/mol. The van der Waals surface area contributed by atoms with E-state index in [0.29, 0.717) is 24.5 Å². The van der Waals surface area contributed by atoms with Gasteiger partial charge in [-0.3, -0.25) is 0 Å². The van der Waals surface area contributed by atoms with Gasteiger partial charge in [-0.1, -0.05) is 18.6 Å². The molecule has 1 aliphatic rings. The van der Waals surface area contributed by atoms with Gasteiger partial charge in [0.2, 0.25) is 10.0 Å². The first-order valence-electron chi connectivity index (χ1n) is 6.48. The number of thiocarbonyl (C=S) groups is 1. The first-order valence-corrected chi connectivity index (χ1v) is 8.39. The number of hydrogen-bond acceptors (Lipinski definition) is 4. The summed E-state index contributed by atoms with van der Waals surface area (Å²) in [6, 6.07) is 4.76. The van der Waals surface area contributed by atoms with Gasteiger partial charge in [0, 0.05) is 13.1 Å². The Labute approximate surface area is 125 Å². The lowest BCUT2D eigenvalue weighted by Gasteiger charge is -2.26. The molecule has 1 aromatic carbocycles. The van der Waals surface area contributed by atoms with Crippen LogP contribution in [0.2, 0.25) is 0 Å². The largest absolute Gasteiger partial charge is 0.495 e.